The molecule has 1 aliphatic rings. The van der Waals surface area contributed by atoms with Crippen LogP contribution in [0.1, 0.15) is 30.4 Å². The standard InChI is InChI=1S/C22H26FNO.C2H2O4/c23-21-10-12-22(13-11-21)25-18-14-20-8-6-19(7-9-20)5-4-17-24-15-2-1-3-16-24;3-1(4)2(5)6/h4-13H,1-3,14-18H2;(H,3,4)(H,5,6). The van der Waals surface area contributed by atoms with Crippen LogP contribution in [0.3, 0.4) is 0 Å². The summed E-state index contributed by atoms with van der Waals surface area (Å²) < 4.78 is 18.5. The van der Waals surface area contributed by atoms with E-state index in [0.717, 1.165) is 13.0 Å². The Labute approximate surface area is 181 Å². The van der Waals surface area contributed by atoms with Crippen molar-refractivity contribution in [3.63, 3.8) is 0 Å². The lowest BCUT2D eigenvalue weighted by molar-refractivity contribution is -0.159. The van der Waals surface area contributed by atoms with E-state index in [0.29, 0.717) is 12.4 Å². The number of likely N-dealkylation sites (tertiary alicyclic amines) is 1. The van der Waals surface area contributed by atoms with Crippen LogP contribution in [0.2, 0.25) is 0 Å². The number of nitrogens with zero attached hydrogens (tertiary/aromatic N) is 1. The average Bonchev–Trinajstić information content (AvgIpc) is 2.77. The number of aliphatic carboxylic acids is 2. The van der Waals surface area contributed by atoms with Gasteiger partial charge in [-0.15, -0.1) is 0 Å². The van der Waals surface area contributed by atoms with E-state index in [1.54, 1.807) is 12.1 Å². The maximum absolute atomic E-state index is 12.8. The van der Waals surface area contributed by atoms with Gasteiger partial charge in [0.2, 0.25) is 0 Å². The number of halogens is 1. The topological polar surface area (TPSA) is 87.1 Å². The minimum absolute atomic E-state index is 0.240. The number of rotatable bonds is 7. The highest BCUT2D eigenvalue weighted by molar-refractivity contribution is 6.27. The van der Waals surface area contributed by atoms with Gasteiger partial charge in [0.25, 0.3) is 0 Å². The average molecular weight is 429 g/mol. The molecule has 1 fully saturated rings. The molecule has 1 saturated heterocycles. The Bertz CT molecular complexity index is 831. The molecule has 7 heteroatoms. The molecular weight excluding hydrogens is 401 g/mol. The van der Waals surface area contributed by atoms with Crippen LogP contribution in [-0.2, 0) is 16.0 Å². The molecule has 0 amide bonds. The number of carboxylic acid groups (broad SMARTS) is 2. The fraction of sp³-hybridized carbons (Fsp3) is 0.333. The number of carbonyl (C=O) groups is 2. The highest BCUT2D eigenvalue weighted by Gasteiger charge is 2.07. The number of hydrogen-bond donors (Lipinski definition) is 2. The number of benzene rings is 2. The summed E-state index contributed by atoms with van der Waals surface area (Å²) in [6, 6.07) is 14.8. The molecule has 6 nitrogen and oxygen atoms in total. The quantitative estimate of drug-likeness (QED) is 0.645. The molecule has 0 saturated carbocycles. The van der Waals surface area contributed by atoms with Crippen LogP contribution in [0.5, 0.6) is 5.75 Å². The third-order valence-corrected chi connectivity index (χ3v) is 4.76. The Balaban J connectivity index is 0.000000501. The van der Waals surface area contributed by atoms with Crippen molar-refractivity contribution in [3.05, 3.63) is 71.6 Å². The molecule has 3 rings (SSSR count). The van der Waals surface area contributed by atoms with Gasteiger partial charge >= 0.3 is 11.9 Å². The van der Waals surface area contributed by atoms with Crippen LogP contribution in [0.25, 0.3) is 6.08 Å². The molecule has 0 atom stereocenters. The normalized spacial score (nSPS) is 14.0. The van der Waals surface area contributed by atoms with E-state index < -0.39 is 11.9 Å². The van der Waals surface area contributed by atoms with Gasteiger partial charge in [0.1, 0.15) is 11.6 Å². The Hall–Kier alpha value is -3.19. The first-order chi connectivity index (χ1) is 14.9. The summed E-state index contributed by atoms with van der Waals surface area (Å²) in [6.45, 7) is 4.11. The number of ether oxygens (including phenoxy) is 1. The molecule has 2 N–H and O–H groups in total. The molecule has 31 heavy (non-hydrogen) atoms. The van der Waals surface area contributed by atoms with Crippen LogP contribution < -0.4 is 4.74 Å². The van der Waals surface area contributed by atoms with Gasteiger partial charge < -0.3 is 14.9 Å². The molecular formula is C24H28FNO5. The molecule has 2 aromatic rings. The van der Waals surface area contributed by atoms with Gasteiger partial charge in [-0.1, -0.05) is 42.8 Å². The molecule has 0 aromatic heterocycles. The molecule has 166 valence electrons. The summed E-state index contributed by atoms with van der Waals surface area (Å²) in [5, 5.41) is 14.8. The van der Waals surface area contributed by atoms with Gasteiger partial charge in [0.15, 0.2) is 0 Å². The zero-order valence-electron chi connectivity index (χ0n) is 17.4. The van der Waals surface area contributed by atoms with E-state index in [1.165, 1.54) is 55.6 Å². The summed E-state index contributed by atoms with van der Waals surface area (Å²) in [5.41, 5.74) is 2.48. The van der Waals surface area contributed by atoms with Gasteiger partial charge in [-0.2, -0.15) is 0 Å². The zero-order valence-corrected chi connectivity index (χ0v) is 17.4. The van der Waals surface area contributed by atoms with Crippen LogP contribution in [0, 0.1) is 5.82 Å². The summed E-state index contributed by atoms with van der Waals surface area (Å²) in [6.07, 6.45) is 9.36. The van der Waals surface area contributed by atoms with Gasteiger partial charge in [-0.05, 0) is 61.3 Å². The minimum Gasteiger partial charge on any atom is -0.493 e. The monoisotopic (exact) mass is 429 g/mol. The van der Waals surface area contributed by atoms with Gasteiger partial charge in [0.05, 0.1) is 6.61 Å². The van der Waals surface area contributed by atoms with E-state index >= 15 is 0 Å². The number of carboxylic acids is 2. The predicted octanol–water partition coefficient (Wildman–Crippen LogP) is 4.10. The van der Waals surface area contributed by atoms with Crippen LogP contribution in [0.15, 0.2) is 54.6 Å². The van der Waals surface area contributed by atoms with Crippen molar-refractivity contribution in [3.8, 4) is 5.75 Å². The predicted molar refractivity (Wildman–Crippen MR) is 117 cm³/mol. The van der Waals surface area contributed by atoms with Crippen molar-refractivity contribution in [2.75, 3.05) is 26.2 Å². The fourth-order valence-corrected chi connectivity index (χ4v) is 3.09. The largest absolute Gasteiger partial charge is 0.493 e. The third-order valence-electron chi connectivity index (χ3n) is 4.76. The first-order valence-electron chi connectivity index (χ1n) is 10.3. The Morgan fingerprint density at radius 2 is 1.55 bits per heavy atom. The first kappa shape index (κ1) is 24.1. The lowest BCUT2D eigenvalue weighted by Crippen LogP contribution is -2.29. The van der Waals surface area contributed by atoms with E-state index in [1.807, 2.05) is 0 Å². The van der Waals surface area contributed by atoms with Crippen LogP contribution >= 0.6 is 0 Å². The Kier molecular flexibility index (Phi) is 10.2. The zero-order chi connectivity index (χ0) is 22.5. The van der Waals surface area contributed by atoms with Crippen molar-refractivity contribution < 1.29 is 28.9 Å². The van der Waals surface area contributed by atoms with E-state index in [9.17, 15) is 4.39 Å². The molecule has 0 unspecified atom stereocenters. The van der Waals surface area contributed by atoms with Crippen molar-refractivity contribution >= 4 is 18.0 Å². The van der Waals surface area contributed by atoms with Crippen molar-refractivity contribution in [1.29, 1.82) is 0 Å². The highest BCUT2D eigenvalue weighted by Crippen LogP contribution is 2.13. The molecule has 0 aliphatic carbocycles. The van der Waals surface area contributed by atoms with E-state index in [2.05, 4.69) is 41.3 Å². The fourth-order valence-electron chi connectivity index (χ4n) is 3.09. The van der Waals surface area contributed by atoms with E-state index in [4.69, 9.17) is 24.5 Å². The van der Waals surface area contributed by atoms with E-state index in [-0.39, 0.29) is 5.82 Å². The SMILES string of the molecule is Fc1ccc(OCCc2ccc(C=CCN3CCCCC3)cc2)cc1.O=C(O)C(=O)O. The molecule has 2 aromatic carbocycles. The van der Waals surface area contributed by atoms with Gasteiger partial charge in [-0.25, -0.2) is 14.0 Å². The summed E-state index contributed by atoms with van der Waals surface area (Å²) in [5.74, 6) is -3.18. The number of piperidine rings is 1. The molecule has 0 bridgehead atoms. The second-order valence-corrected chi connectivity index (χ2v) is 7.17. The first-order valence-corrected chi connectivity index (χ1v) is 10.3. The maximum Gasteiger partial charge on any atom is 0.414 e. The highest BCUT2D eigenvalue weighted by atomic mass is 19.1. The maximum atomic E-state index is 12.8. The van der Waals surface area contributed by atoms with Gasteiger partial charge in [-0.3, -0.25) is 4.90 Å². The van der Waals surface area contributed by atoms with Crippen LogP contribution in [-0.4, -0.2) is 53.3 Å². The smallest absolute Gasteiger partial charge is 0.414 e. The molecule has 0 radical (unpaired) electrons. The van der Waals surface area contributed by atoms with Gasteiger partial charge in [0, 0.05) is 13.0 Å². The second kappa shape index (κ2) is 13.2. The Morgan fingerprint density at radius 3 is 2.13 bits per heavy atom. The Morgan fingerprint density at radius 1 is 0.935 bits per heavy atom. The molecule has 0 spiro atoms. The van der Waals surface area contributed by atoms with Crippen LogP contribution in [0.4, 0.5) is 4.39 Å². The minimum atomic E-state index is -1.82. The van der Waals surface area contributed by atoms with Crippen molar-refractivity contribution in [2.24, 2.45) is 0 Å². The second-order valence-electron chi connectivity index (χ2n) is 7.17. The molecule has 1 aliphatic heterocycles. The summed E-state index contributed by atoms with van der Waals surface area (Å²) >= 11 is 0. The number of hydrogen-bond acceptors (Lipinski definition) is 4. The van der Waals surface area contributed by atoms with Crippen molar-refractivity contribution in [1.82, 2.24) is 4.90 Å². The summed E-state index contributed by atoms with van der Waals surface area (Å²) in [7, 11) is 0. The lowest BCUT2D eigenvalue weighted by Gasteiger charge is -2.24. The lowest BCUT2D eigenvalue weighted by atomic mass is 10.1. The summed E-state index contributed by atoms with van der Waals surface area (Å²) in [4.78, 5) is 20.7. The van der Waals surface area contributed by atoms with Crippen molar-refractivity contribution in [2.45, 2.75) is 25.7 Å². The molecule has 1 heterocycles. The third kappa shape index (κ3) is 9.91.